The third kappa shape index (κ3) is 6.05. The van der Waals surface area contributed by atoms with E-state index in [4.69, 9.17) is 4.74 Å². The van der Waals surface area contributed by atoms with Crippen LogP contribution in [0.2, 0.25) is 0 Å². The van der Waals surface area contributed by atoms with Crippen molar-refractivity contribution in [1.29, 1.82) is 0 Å². The molecular formula is C24H32N2O4. The summed E-state index contributed by atoms with van der Waals surface area (Å²) in [6.45, 7) is 13.5. The molecule has 1 fully saturated rings. The minimum atomic E-state index is -1.20. The first-order valence-electron chi connectivity index (χ1n) is 10.2. The molecule has 1 aromatic rings. The van der Waals surface area contributed by atoms with Gasteiger partial charge in [0.05, 0.1) is 0 Å². The summed E-state index contributed by atoms with van der Waals surface area (Å²) in [5.41, 5.74) is 1.21. The lowest BCUT2D eigenvalue weighted by molar-refractivity contribution is -0.157. The van der Waals surface area contributed by atoms with Gasteiger partial charge in [0.2, 0.25) is 11.8 Å². The van der Waals surface area contributed by atoms with Crippen molar-refractivity contribution in [3.05, 3.63) is 60.2 Å². The van der Waals surface area contributed by atoms with E-state index in [1.807, 2.05) is 44.2 Å². The van der Waals surface area contributed by atoms with Crippen molar-refractivity contribution in [2.75, 3.05) is 6.54 Å². The first-order valence-corrected chi connectivity index (χ1v) is 10.2. The molecule has 0 aromatic heterocycles. The lowest BCUT2D eigenvalue weighted by atomic mass is 9.83. The maximum atomic E-state index is 13.7. The zero-order valence-corrected chi connectivity index (χ0v) is 18.2. The highest BCUT2D eigenvalue weighted by atomic mass is 16.5. The number of hydrogen-bond acceptors (Lipinski definition) is 4. The maximum absolute atomic E-state index is 13.7. The predicted octanol–water partition coefficient (Wildman–Crippen LogP) is 3.53. The van der Waals surface area contributed by atoms with Crippen LogP contribution in [0.25, 0.3) is 0 Å². The monoisotopic (exact) mass is 412 g/mol. The number of carbonyl (C=O) groups is 3. The van der Waals surface area contributed by atoms with Crippen molar-refractivity contribution in [2.24, 2.45) is 0 Å². The Morgan fingerprint density at radius 1 is 1.10 bits per heavy atom. The second-order valence-electron chi connectivity index (χ2n) is 8.28. The third-order valence-electron chi connectivity index (χ3n) is 5.04. The summed E-state index contributed by atoms with van der Waals surface area (Å²) in [7, 11) is 0. The number of carbonyl (C=O) groups excluding carboxylic acids is 3. The Morgan fingerprint density at radius 2 is 1.70 bits per heavy atom. The summed E-state index contributed by atoms with van der Waals surface area (Å²) >= 11 is 0. The van der Waals surface area contributed by atoms with E-state index >= 15 is 0 Å². The van der Waals surface area contributed by atoms with Gasteiger partial charge in [-0.15, -0.1) is 13.2 Å². The normalized spacial score (nSPS) is 16.1. The number of likely N-dealkylation sites (tertiary alicyclic amines) is 1. The van der Waals surface area contributed by atoms with E-state index in [0.29, 0.717) is 19.4 Å². The molecule has 0 saturated carbocycles. The molecule has 6 heteroatoms. The molecule has 2 rings (SSSR count). The first-order chi connectivity index (χ1) is 14.1. The Balaban J connectivity index is 2.23. The highest BCUT2D eigenvalue weighted by molar-refractivity contribution is 5.94. The summed E-state index contributed by atoms with van der Waals surface area (Å²) < 4.78 is 5.49. The van der Waals surface area contributed by atoms with Gasteiger partial charge in [0, 0.05) is 26.3 Å². The van der Waals surface area contributed by atoms with Gasteiger partial charge in [0.25, 0.3) is 0 Å². The second kappa shape index (κ2) is 10.2. The van der Waals surface area contributed by atoms with E-state index in [2.05, 4.69) is 18.5 Å². The standard InChI is InChI=1S/C24H32N2O4/c1-17(2)14-24(15-18(3)4,25-19(5)27)23(29)26-13-9-12-21(26)22(28)30-16-20-10-7-6-8-11-20/h6-8,10-11,21H,1,3,9,12-16H2,2,4-5H3,(H,25,27)/t21-/m0/s1. The highest BCUT2D eigenvalue weighted by Gasteiger charge is 2.46. The summed E-state index contributed by atoms with van der Waals surface area (Å²) in [5, 5.41) is 2.85. The number of benzene rings is 1. The molecule has 0 unspecified atom stereocenters. The third-order valence-corrected chi connectivity index (χ3v) is 5.04. The summed E-state index contributed by atoms with van der Waals surface area (Å²) in [5.74, 6) is -1.02. The van der Waals surface area contributed by atoms with Gasteiger partial charge >= 0.3 is 5.97 Å². The van der Waals surface area contributed by atoms with Crippen LogP contribution < -0.4 is 5.32 Å². The largest absolute Gasteiger partial charge is 0.459 e. The van der Waals surface area contributed by atoms with Crippen LogP contribution in [0.1, 0.15) is 52.0 Å². The summed E-state index contributed by atoms with van der Waals surface area (Å²) in [6.07, 6.45) is 1.80. The number of esters is 1. The summed E-state index contributed by atoms with van der Waals surface area (Å²) in [6, 6.07) is 8.76. The van der Waals surface area contributed by atoms with Crippen LogP contribution in [0.4, 0.5) is 0 Å². The molecule has 0 radical (unpaired) electrons. The van der Waals surface area contributed by atoms with E-state index in [9.17, 15) is 14.4 Å². The van der Waals surface area contributed by atoms with Crippen LogP contribution in [0.15, 0.2) is 54.6 Å². The Hall–Kier alpha value is -2.89. The number of nitrogens with one attached hydrogen (secondary N) is 1. The Bertz CT molecular complexity index is 775. The Kier molecular flexibility index (Phi) is 7.98. The number of ether oxygens (including phenoxy) is 1. The van der Waals surface area contributed by atoms with Crippen molar-refractivity contribution in [3.63, 3.8) is 0 Å². The molecule has 30 heavy (non-hydrogen) atoms. The molecule has 6 nitrogen and oxygen atoms in total. The fourth-order valence-electron chi connectivity index (χ4n) is 4.08. The van der Waals surface area contributed by atoms with Gasteiger partial charge in [-0.05, 0) is 32.3 Å². The van der Waals surface area contributed by atoms with Gasteiger partial charge in [-0.1, -0.05) is 41.5 Å². The van der Waals surface area contributed by atoms with Gasteiger partial charge in [0.1, 0.15) is 18.2 Å². The minimum absolute atomic E-state index is 0.159. The smallest absolute Gasteiger partial charge is 0.329 e. The fourth-order valence-corrected chi connectivity index (χ4v) is 4.08. The Labute approximate surface area is 179 Å². The SMILES string of the molecule is C=C(C)CC(CC(=C)C)(NC(C)=O)C(=O)N1CCC[C@H]1C(=O)OCc1ccccc1. The lowest BCUT2D eigenvalue weighted by Crippen LogP contribution is -2.61. The molecule has 1 aliphatic heterocycles. The maximum Gasteiger partial charge on any atom is 0.329 e. The van der Waals surface area contributed by atoms with Gasteiger partial charge in [-0.25, -0.2) is 4.79 Å². The van der Waals surface area contributed by atoms with E-state index in [1.165, 1.54) is 6.92 Å². The van der Waals surface area contributed by atoms with Crippen LogP contribution in [-0.4, -0.2) is 40.8 Å². The van der Waals surface area contributed by atoms with Gasteiger partial charge in [-0.3, -0.25) is 9.59 Å². The molecule has 1 aromatic carbocycles. The average molecular weight is 413 g/mol. The number of rotatable bonds is 9. The Morgan fingerprint density at radius 3 is 2.23 bits per heavy atom. The topological polar surface area (TPSA) is 75.7 Å². The van der Waals surface area contributed by atoms with Crippen LogP contribution in [-0.2, 0) is 25.7 Å². The molecule has 0 spiro atoms. The molecule has 162 valence electrons. The number of amides is 2. The van der Waals surface area contributed by atoms with Gasteiger partial charge < -0.3 is 15.0 Å². The van der Waals surface area contributed by atoms with Crippen molar-refractivity contribution in [1.82, 2.24) is 10.2 Å². The van der Waals surface area contributed by atoms with Crippen LogP contribution in [0.5, 0.6) is 0 Å². The zero-order chi connectivity index (χ0) is 22.3. The quantitative estimate of drug-likeness (QED) is 0.497. The van der Waals surface area contributed by atoms with Crippen molar-refractivity contribution < 1.29 is 19.1 Å². The predicted molar refractivity (Wildman–Crippen MR) is 116 cm³/mol. The molecule has 1 atom stereocenters. The van der Waals surface area contributed by atoms with Crippen LogP contribution in [0, 0.1) is 0 Å². The number of nitrogens with zero attached hydrogens (tertiary/aromatic N) is 1. The van der Waals surface area contributed by atoms with E-state index in [-0.39, 0.29) is 31.3 Å². The van der Waals surface area contributed by atoms with E-state index < -0.39 is 17.6 Å². The zero-order valence-electron chi connectivity index (χ0n) is 18.2. The molecule has 2 amide bonds. The molecule has 1 N–H and O–H groups in total. The lowest BCUT2D eigenvalue weighted by Gasteiger charge is -2.38. The molecular weight excluding hydrogens is 380 g/mol. The van der Waals surface area contributed by atoms with Gasteiger partial charge in [0.15, 0.2) is 0 Å². The van der Waals surface area contributed by atoms with Crippen molar-refractivity contribution in [3.8, 4) is 0 Å². The highest BCUT2D eigenvalue weighted by Crippen LogP contribution is 2.30. The van der Waals surface area contributed by atoms with E-state index in [1.54, 1.807) is 4.90 Å². The van der Waals surface area contributed by atoms with Crippen molar-refractivity contribution in [2.45, 2.75) is 64.6 Å². The second-order valence-corrected chi connectivity index (χ2v) is 8.28. The molecule has 0 bridgehead atoms. The molecule has 1 heterocycles. The first kappa shape index (κ1) is 23.4. The molecule has 1 aliphatic rings. The average Bonchev–Trinajstić information content (AvgIpc) is 3.14. The van der Waals surface area contributed by atoms with Crippen LogP contribution in [0.3, 0.4) is 0 Å². The summed E-state index contributed by atoms with van der Waals surface area (Å²) in [4.78, 5) is 40.0. The van der Waals surface area contributed by atoms with Gasteiger partial charge in [-0.2, -0.15) is 0 Å². The minimum Gasteiger partial charge on any atom is -0.459 e. The van der Waals surface area contributed by atoms with E-state index in [0.717, 1.165) is 16.7 Å². The fraction of sp³-hybridized carbons (Fsp3) is 0.458. The van der Waals surface area contributed by atoms with Crippen LogP contribution >= 0.6 is 0 Å². The molecule has 1 saturated heterocycles. The van der Waals surface area contributed by atoms with Crippen molar-refractivity contribution >= 4 is 17.8 Å². The number of hydrogen-bond donors (Lipinski definition) is 1. The molecule has 0 aliphatic carbocycles.